The van der Waals surface area contributed by atoms with Crippen LogP contribution in [0.5, 0.6) is 0 Å². The highest BCUT2D eigenvalue weighted by Gasteiger charge is 2.41. The van der Waals surface area contributed by atoms with Crippen molar-refractivity contribution in [2.45, 2.75) is 51.9 Å². The van der Waals surface area contributed by atoms with Crippen LogP contribution < -0.4 is 0 Å². The Hall–Kier alpha value is -1.55. The minimum absolute atomic E-state index is 0.0651. The van der Waals surface area contributed by atoms with E-state index in [4.69, 9.17) is 5.26 Å². The zero-order chi connectivity index (χ0) is 13.4. The number of carbonyl (C=O) groups excluding carboxylic acids is 1. The highest BCUT2D eigenvalue weighted by Crippen LogP contribution is 2.36. The maximum absolute atomic E-state index is 12.5. The van der Waals surface area contributed by atoms with E-state index in [-0.39, 0.29) is 5.91 Å². The van der Waals surface area contributed by atoms with Crippen LogP contribution in [0.1, 0.15) is 51.9 Å². The molecule has 1 fully saturated rings. The molecule has 98 valence electrons. The fraction of sp³-hybridized carbons (Fsp3) is 0.786. The average molecular weight is 247 g/mol. The summed E-state index contributed by atoms with van der Waals surface area (Å²) in [5.41, 5.74) is -0.831. The Bertz CT molecular complexity index is 356. The topological polar surface area (TPSA) is 67.9 Å². The van der Waals surface area contributed by atoms with Crippen LogP contribution in [0.15, 0.2) is 0 Å². The number of nitriles is 2. The lowest BCUT2D eigenvalue weighted by molar-refractivity contribution is -0.139. The quantitative estimate of drug-likeness (QED) is 0.717. The van der Waals surface area contributed by atoms with E-state index in [9.17, 15) is 10.1 Å². The third-order valence-electron chi connectivity index (χ3n) is 3.74. The molecule has 1 aliphatic rings. The van der Waals surface area contributed by atoms with E-state index in [1.807, 2.05) is 6.92 Å². The van der Waals surface area contributed by atoms with Gasteiger partial charge < -0.3 is 4.90 Å². The van der Waals surface area contributed by atoms with E-state index in [0.29, 0.717) is 32.4 Å². The zero-order valence-corrected chi connectivity index (χ0v) is 11.1. The van der Waals surface area contributed by atoms with Gasteiger partial charge >= 0.3 is 0 Å². The second kappa shape index (κ2) is 7.01. The molecule has 0 aromatic heterocycles. The number of hydrogen-bond donors (Lipinski definition) is 0. The van der Waals surface area contributed by atoms with Gasteiger partial charge in [-0.15, -0.1) is 0 Å². The summed E-state index contributed by atoms with van der Waals surface area (Å²) < 4.78 is 0. The summed E-state index contributed by atoms with van der Waals surface area (Å²) >= 11 is 0. The highest BCUT2D eigenvalue weighted by atomic mass is 16.2. The van der Waals surface area contributed by atoms with Crippen molar-refractivity contribution in [1.29, 1.82) is 10.5 Å². The summed E-state index contributed by atoms with van der Waals surface area (Å²) in [6.07, 6.45) is 5.81. The third-order valence-corrected chi connectivity index (χ3v) is 3.74. The van der Waals surface area contributed by atoms with Crippen molar-refractivity contribution in [3.05, 3.63) is 0 Å². The van der Waals surface area contributed by atoms with E-state index in [1.54, 1.807) is 4.90 Å². The van der Waals surface area contributed by atoms with E-state index in [2.05, 4.69) is 12.1 Å². The molecule has 0 heterocycles. The number of carbonyl (C=O) groups is 1. The molecular formula is C14H21N3O. The molecule has 0 saturated heterocycles. The molecular weight excluding hydrogens is 226 g/mol. The second-order valence-corrected chi connectivity index (χ2v) is 4.90. The number of hydrogen-bond acceptors (Lipinski definition) is 3. The molecule has 0 atom stereocenters. The van der Waals surface area contributed by atoms with Crippen LogP contribution in [-0.2, 0) is 4.79 Å². The van der Waals surface area contributed by atoms with Gasteiger partial charge in [0.1, 0.15) is 5.41 Å². The molecule has 1 rings (SSSR count). The SMILES string of the molecule is CCN(CCC#N)C(=O)C1(C#N)CCCCCC1. The Morgan fingerprint density at radius 3 is 2.28 bits per heavy atom. The Kier molecular flexibility index (Phi) is 5.65. The Labute approximate surface area is 109 Å². The Balaban J connectivity index is 2.82. The Morgan fingerprint density at radius 1 is 1.22 bits per heavy atom. The maximum atomic E-state index is 12.5. The van der Waals surface area contributed by atoms with Crippen molar-refractivity contribution in [2.75, 3.05) is 13.1 Å². The van der Waals surface area contributed by atoms with Crippen LogP contribution in [0, 0.1) is 28.1 Å². The van der Waals surface area contributed by atoms with Crippen LogP contribution in [0.4, 0.5) is 0 Å². The summed E-state index contributed by atoms with van der Waals surface area (Å²) in [5.74, 6) is -0.0651. The van der Waals surface area contributed by atoms with Gasteiger partial charge in [-0.05, 0) is 19.8 Å². The molecule has 0 bridgehead atoms. The number of rotatable bonds is 4. The summed E-state index contributed by atoms with van der Waals surface area (Å²) in [4.78, 5) is 14.2. The lowest BCUT2D eigenvalue weighted by Gasteiger charge is -2.30. The largest absolute Gasteiger partial charge is 0.341 e. The van der Waals surface area contributed by atoms with Crippen molar-refractivity contribution < 1.29 is 4.79 Å². The van der Waals surface area contributed by atoms with Crippen molar-refractivity contribution >= 4 is 5.91 Å². The smallest absolute Gasteiger partial charge is 0.243 e. The fourth-order valence-electron chi connectivity index (χ4n) is 2.60. The molecule has 0 aliphatic heterocycles. The normalized spacial score (nSPS) is 18.2. The van der Waals surface area contributed by atoms with Gasteiger partial charge in [0.05, 0.1) is 18.6 Å². The molecule has 0 unspecified atom stereocenters. The zero-order valence-electron chi connectivity index (χ0n) is 11.1. The van der Waals surface area contributed by atoms with Gasteiger partial charge in [-0.1, -0.05) is 25.7 Å². The predicted octanol–water partition coefficient (Wildman–Crippen LogP) is 2.61. The molecule has 1 aliphatic carbocycles. The van der Waals surface area contributed by atoms with Crippen LogP contribution in [0.2, 0.25) is 0 Å². The Morgan fingerprint density at radius 2 is 1.83 bits per heavy atom. The first kappa shape index (κ1) is 14.5. The van der Waals surface area contributed by atoms with Crippen molar-refractivity contribution in [3.8, 4) is 12.1 Å². The summed E-state index contributed by atoms with van der Waals surface area (Å²) in [6.45, 7) is 2.91. The molecule has 0 aromatic rings. The van der Waals surface area contributed by atoms with E-state index >= 15 is 0 Å². The lowest BCUT2D eigenvalue weighted by Crippen LogP contribution is -2.43. The third kappa shape index (κ3) is 3.23. The van der Waals surface area contributed by atoms with Crippen molar-refractivity contribution in [1.82, 2.24) is 4.90 Å². The van der Waals surface area contributed by atoms with Gasteiger partial charge in [-0.3, -0.25) is 4.79 Å². The van der Waals surface area contributed by atoms with E-state index in [0.717, 1.165) is 25.7 Å². The van der Waals surface area contributed by atoms with Gasteiger partial charge in [0, 0.05) is 13.1 Å². The first-order valence-electron chi connectivity index (χ1n) is 6.78. The van der Waals surface area contributed by atoms with E-state index in [1.165, 1.54) is 0 Å². The van der Waals surface area contributed by atoms with Gasteiger partial charge in [0.15, 0.2) is 0 Å². The molecule has 0 radical (unpaired) electrons. The summed E-state index contributed by atoms with van der Waals surface area (Å²) in [7, 11) is 0. The summed E-state index contributed by atoms with van der Waals surface area (Å²) in [5, 5.41) is 18.1. The van der Waals surface area contributed by atoms with Crippen LogP contribution in [0.25, 0.3) is 0 Å². The van der Waals surface area contributed by atoms with Crippen LogP contribution in [0.3, 0.4) is 0 Å². The first-order valence-corrected chi connectivity index (χ1v) is 6.78. The highest BCUT2D eigenvalue weighted by molar-refractivity contribution is 5.85. The van der Waals surface area contributed by atoms with Crippen LogP contribution in [-0.4, -0.2) is 23.9 Å². The van der Waals surface area contributed by atoms with Crippen molar-refractivity contribution in [3.63, 3.8) is 0 Å². The molecule has 0 N–H and O–H groups in total. The minimum Gasteiger partial charge on any atom is -0.341 e. The van der Waals surface area contributed by atoms with Crippen molar-refractivity contribution in [2.24, 2.45) is 5.41 Å². The molecule has 4 nitrogen and oxygen atoms in total. The maximum Gasteiger partial charge on any atom is 0.243 e. The monoisotopic (exact) mass is 247 g/mol. The van der Waals surface area contributed by atoms with E-state index < -0.39 is 5.41 Å². The molecule has 0 spiro atoms. The molecule has 1 amide bonds. The molecule has 0 aromatic carbocycles. The standard InChI is InChI=1S/C14H21N3O/c1-2-17(11-7-10-15)13(18)14(12-16)8-5-3-4-6-9-14/h2-9,11H2,1H3. The number of amides is 1. The van der Waals surface area contributed by atoms with Gasteiger partial charge in [-0.25, -0.2) is 0 Å². The summed E-state index contributed by atoms with van der Waals surface area (Å²) in [6, 6.07) is 4.33. The molecule has 18 heavy (non-hydrogen) atoms. The fourth-order valence-corrected chi connectivity index (χ4v) is 2.60. The van der Waals surface area contributed by atoms with Gasteiger partial charge in [-0.2, -0.15) is 10.5 Å². The minimum atomic E-state index is -0.831. The molecule has 1 saturated carbocycles. The first-order chi connectivity index (χ1) is 8.70. The van der Waals surface area contributed by atoms with Gasteiger partial charge in [0.25, 0.3) is 0 Å². The van der Waals surface area contributed by atoms with Gasteiger partial charge in [0.2, 0.25) is 5.91 Å². The van der Waals surface area contributed by atoms with Crippen LogP contribution >= 0.6 is 0 Å². The number of nitrogens with zero attached hydrogens (tertiary/aromatic N) is 3. The second-order valence-electron chi connectivity index (χ2n) is 4.90. The molecule has 4 heteroatoms. The predicted molar refractivity (Wildman–Crippen MR) is 68.2 cm³/mol. The average Bonchev–Trinajstić information content (AvgIpc) is 2.65. The lowest BCUT2D eigenvalue weighted by atomic mass is 9.80.